The third kappa shape index (κ3) is 3.95. The van der Waals surface area contributed by atoms with E-state index in [1.807, 2.05) is 36.5 Å². The Morgan fingerprint density at radius 2 is 1.86 bits per heavy atom. The fraction of sp³-hybridized carbons (Fsp3) is 0.227. The summed E-state index contributed by atoms with van der Waals surface area (Å²) in [6.45, 7) is 3.01. The van der Waals surface area contributed by atoms with E-state index >= 15 is 0 Å². The summed E-state index contributed by atoms with van der Waals surface area (Å²) >= 11 is 0. The molecule has 0 saturated carbocycles. The van der Waals surface area contributed by atoms with Crippen LogP contribution in [-0.2, 0) is 16.4 Å². The fourth-order valence-electron chi connectivity index (χ4n) is 3.19. The maximum absolute atomic E-state index is 12.9. The van der Waals surface area contributed by atoms with E-state index < -0.39 is 9.84 Å². The van der Waals surface area contributed by atoms with Gasteiger partial charge in [-0.25, -0.2) is 8.42 Å². The minimum absolute atomic E-state index is 0.0567. The molecule has 3 rings (SSSR count). The van der Waals surface area contributed by atoms with Crippen molar-refractivity contribution in [1.82, 2.24) is 4.57 Å². The number of nitrogen functional groups attached to an aromatic ring is 1. The second-order valence-corrected chi connectivity index (χ2v) is 8.61. The Morgan fingerprint density at radius 3 is 2.54 bits per heavy atom. The van der Waals surface area contributed by atoms with Gasteiger partial charge in [-0.05, 0) is 42.8 Å². The number of benzene rings is 2. The van der Waals surface area contributed by atoms with Crippen LogP contribution < -0.4 is 5.73 Å². The minimum atomic E-state index is -3.91. The molecule has 0 saturated heterocycles. The molecule has 2 aromatic carbocycles. The molecule has 3 aromatic rings. The molecule has 0 aliphatic carbocycles. The zero-order valence-electron chi connectivity index (χ0n) is 15.8. The molecular weight excluding hydrogens is 370 g/mol. The van der Waals surface area contributed by atoms with Crippen molar-refractivity contribution in [2.75, 3.05) is 5.73 Å². The highest BCUT2D eigenvalue weighted by atomic mass is 32.2. The molecule has 1 heterocycles. The molecule has 144 valence electrons. The Morgan fingerprint density at radius 1 is 1.14 bits per heavy atom. The molecule has 1 aromatic heterocycles. The summed E-state index contributed by atoms with van der Waals surface area (Å²) in [4.78, 5) is -0.227. The number of unbranched alkanes of at least 4 members (excludes halogenated alkanes) is 2. The van der Waals surface area contributed by atoms with Crippen LogP contribution in [0.1, 0.15) is 31.7 Å². The van der Waals surface area contributed by atoms with Crippen LogP contribution in [0.4, 0.5) is 5.69 Å². The predicted molar refractivity (Wildman–Crippen MR) is 113 cm³/mol. The van der Waals surface area contributed by atoms with E-state index in [9.17, 15) is 13.7 Å². The first kappa shape index (κ1) is 19.7. The molecule has 0 unspecified atom stereocenters. The number of hydrogen-bond acceptors (Lipinski definition) is 4. The van der Waals surface area contributed by atoms with Crippen LogP contribution in [0.15, 0.2) is 64.5 Å². The summed E-state index contributed by atoms with van der Waals surface area (Å²) < 4.78 is 27.9. The SMILES string of the molecule is CCCCCn1cc(/C=C(\C#N)S(=O)(=O)c2ccc(N)cc2)c2ccccc21. The molecule has 0 fully saturated rings. The van der Waals surface area contributed by atoms with Crippen LogP contribution in [0.3, 0.4) is 0 Å². The molecule has 28 heavy (non-hydrogen) atoms. The molecule has 0 aliphatic heterocycles. The lowest BCUT2D eigenvalue weighted by Gasteiger charge is -2.04. The highest BCUT2D eigenvalue weighted by Crippen LogP contribution is 2.27. The molecule has 2 N–H and O–H groups in total. The number of sulfone groups is 1. The highest BCUT2D eigenvalue weighted by Gasteiger charge is 2.21. The number of rotatable bonds is 7. The van der Waals surface area contributed by atoms with Gasteiger partial charge in [0.2, 0.25) is 9.84 Å². The van der Waals surface area contributed by atoms with Crippen molar-refractivity contribution in [2.24, 2.45) is 0 Å². The van der Waals surface area contributed by atoms with Crippen molar-refractivity contribution in [1.29, 1.82) is 5.26 Å². The van der Waals surface area contributed by atoms with Crippen molar-refractivity contribution < 1.29 is 8.42 Å². The lowest BCUT2D eigenvalue weighted by molar-refractivity contribution is 0.603. The molecule has 0 radical (unpaired) electrons. The van der Waals surface area contributed by atoms with Gasteiger partial charge in [0.15, 0.2) is 0 Å². The first-order valence-corrected chi connectivity index (χ1v) is 10.8. The van der Waals surface area contributed by atoms with Gasteiger partial charge in [-0.15, -0.1) is 0 Å². The van der Waals surface area contributed by atoms with Gasteiger partial charge in [0.1, 0.15) is 11.0 Å². The Labute approximate surface area is 165 Å². The van der Waals surface area contributed by atoms with Crippen molar-refractivity contribution in [2.45, 2.75) is 37.6 Å². The molecular formula is C22H23N3O2S. The number of hydrogen-bond donors (Lipinski definition) is 1. The Hall–Kier alpha value is -3.04. The summed E-state index contributed by atoms with van der Waals surface area (Å²) in [6.07, 6.45) is 6.70. The van der Waals surface area contributed by atoms with Crippen LogP contribution in [0.25, 0.3) is 17.0 Å². The lowest BCUT2D eigenvalue weighted by atomic mass is 10.1. The van der Waals surface area contributed by atoms with Gasteiger partial charge in [0.25, 0.3) is 0 Å². The Bertz CT molecular complexity index is 1150. The second kappa shape index (κ2) is 8.32. The smallest absolute Gasteiger partial charge is 0.216 e. The van der Waals surface area contributed by atoms with Gasteiger partial charge in [0.05, 0.1) is 4.90 Å². The van der Waals surface area contributed by atoms with E-state index in [2.05, 4.69) is 11.5 Å². The molecule has 5 nitrogen and oxygen atoms in total. The average Bonchev–Trinajstić information content (AvgIpc) is 3.04. The largest absolute Gasteiger partial charge is 0.399 e. The normalized spacial score (nSPS) is 12.2. The topological polar surface area (TPSA) is 88.9 Å². The molecule has 0 bridgehead atoms. The standard InChI is InChI=1S/C22H23N3O2S/c1-2-3-6-13-25-16-17(21-7-4-5-8-22(21)25)14-20(15-23)28(26,27)19-11-9-18(24)10-12-19/h4-5,7-12,14,16H,2-3,6,13,24H2,1H3/b20-14+. The third-order valence-corrected chi connectivity index (χ3v) is 6.38. The van der Waals surface area contributed by atoms with Gasteiger partial charge < -0.3 is 10.3 Å². The number of aryl methyl sites for hydroxylation is 1. The summed E-state index contributed by atoms with van der Waals surface area (Å²) in [5, 5.41) is 10.5. The first-order valence-electron chi connectivity index (χ1n) is 9.27. The van der Waals surface area contributed by atoms with Crippen LogP contribution in [0, 0.1) is 11.3 Å². The first-order chi connectivity index (χ1) is 13.5. The summed E-state index contributed by atoms with van der Waals surface area (Å²) in [6, 6.07) is 15.6. The summed E-state index contributed by atoms with van der Waals surface area (Å²) in [5.41, 5.74) is 7.87. The molecule has 0 spiro atoms. The van der Waals surface area contributed by atoms with Gasteiger partial charge in [0, 0.05) is 34.9 Å². The Balaban J connectivity index is 2.06. The van der Waals surface area contributed by atoms with Gasteiger partial charge in [-0.2, -0.15) is 5.26 Å². The number of para-hydroxylation sites is 1. The van der Waals surface area contributed by atoms with E-state index in [1.165, 1.54) is 30.3 Å². The number of nitriles is 1. The van der Waals surface area contributed by atoms with Gasteiger partial charge >= 0.3 is 0 Å². The lowest BCUT2D eigenvalue weighted by Crippen LogP contribution is -2.03. The predicted octanol–water partition coefficient (Wildman–Crippen LogP) is 4.75. The monoisotopic (exact) mass is 393 g/mol. The molecule has 0 amide bonds. The van der Waals surface area contributed by atoms with Crippen LogP contribution >= 0.6 is 0 Å². The number of aromatic nitrogens is 1. The summed E-state index contributed by atoms with van der Waals surface area (Å²) in [5.74, 6) is 0. The minimum Gasteiger partial charge on any atom is -0.399 e. The van der Waals surface area contributed by atoms with Crippen molar-refractivity contribution in [3.8, 4) is 6.07 Å². The number of nitrogens with two attached hydrogens (primary N) is 1. The third-order valence-electron chi connectivity index (χ3n) is 4.70. The van der Waals surface area contributed by atoms with Crippen LogP contribution in [-0.4, -0.2) is 13.0 Å². The van der Waals surface area contributed by atoms with E-state index in [0.29, 0.717) is 5.69 Å². The Kier molecular flexibility index (Phi) is 5.86. The van der Waals surface area contributed by atoms with Crippen LogP contribution in [0.2, 0.25) is 0 Å². The molecule has 6 heteroatoms. The van der Waals surface area contributed by atoms with E-state index in [4.69, 9.17) is 5.73 Å². The number of nitrogens with zero attached hydrogens (tertiary/aromatic N) is 2. The maximum atomic E-state index is 12.9. The number of fused-ring (bicyclic) bond motifs is 1. The van der Waals surface area contributed by atoms with E-state index in [0.717, 1.165) is 42.3 Å². The number of allylic oxidation sites excluding steroid dienone is 1. The van der Waals surface area contributed by atoms with Crippen LogP contribution in [0.5, 0.6) is 0 Å². The zero-order valence-corrected chi connectivity index (χ0v) is 16.6. The van der Waals surface area contributed by atoms with Crippen molar-refractivity contribution >= 4 is 32.5 Å². The zero-order chi connectivity index (χ0) is 20.1. The fourth-order valence-corrected chi connectivity index (χ4v) is 4.34. The van der Waals surface area contributed by atoms with Crippen molar-refractivity contribution in [3.05, 3.63) is 65.2 Å². The van der Waals surface area contributed by atoms with Gasteiger partial charge in [-0.3, -0.25) is 0 Å². The number of anilines is 1. The van der Waals surface area contributed by atoms with E-state index in [-0.39, 0.29) is 9.80 Å². The molecule has 0 atom stereocenters. The second-order valence-electron chi connectivity index (χ2n) is 6.69. The van der Waals surface area contributed by atoms with Gasteiger partial charge in [-0.1, -0.05) is 38.0 Å². The summed E-state index contributed by atoms with van der Waals surface area (Å²) in [7, 11) is -3.91. The average molecular weight is 394 g/mol. The van der Waals surface area contributed by atoms with Crippen molar-refractivity contribution in [3.63, 3.8) is 0 Å². The van der Waals surface area contributed by atoms with E-state index in [1.54, 1.807) is 0 Å². The quantitative estimate of drug-likeness (QED) is 0.356. The molecule has 0 aliphatic rings. The highest BCUT2D eigenvalue weighted by molar-refractivity contribution is 7.95. The maximum Gasteiger partial charge on any atom is 0.216 e.